The number of amides is 2. The van der Waals surface area contributed by atoms with Gasteiger partial charge in [0.2, 0.25) is 11.8 Å². The largest absolute Gasteiger partial charge is 0.490 e. The lowest BCUT2D eigenvalue weighted by molar-refractivity contribution is -0.166. The molecule has 6 nitrogen and oxygen atoms in total. The molecule has 2 saturated heterocycles. The summed E-state index contributed by atoms with van der Waals surface area (Å²) < 4.78 is 12.4. The lowest BCUT2D eigenvalue weighted by Crippen LogP contribution is -2.58. The van der Waals surface area contributed by atoms with Gasteiger partial charge in [-0.05, 0) is 74.1 Å². The number of morpholine rings is 1. The number of carbonyl (C=O) groups is 2. The molecule has 0 bridgehead atoms. The number of halogens is 2. The Hall–Kier alpha value is -2.28. The van der Waals surface area contributed by atoms with Crippen molar-refractivity contribution in [1.82, 2.24) is 9.80 Å². The zero-order valence-electron chi connectivity index (χ0n) is 20.8. The number of likely N-dealkylation sites (tertiary alicyclic amines) is 1. The second-order valence-corrected chi connectivity index (χ2v) is 10.6. The summed E-state index contributed by atoms with van der Waals surface area (Å²) in [6, 6.07) is 13.0. The molecule has 4 rings (SSSR count). The number of carbonyl (C=O) groups excluding carboxylic acids is 2. The topological polar surface area (TPSA) is 59.1 Å². The fraction of sp³-hybridized carbons (Fsp3) is 0.500. The highest BCUT2D eigenvalue weighted by Crippen LogP contribution is 2.28. The molecule has 0 aliphatic carbocycles. The van der Waals surface area contributed by atoms with Crippen LogP contribution in [-0.2, 0) is 20.7 Å². The fourth-order valence-electron chi connectivity index (χ4n) is 4.82. The van der Waals surface area contributed by atoms with Crippen LogP contribution in [0.3, 0.4) is 0 Å². The SMILES string of the molecule is Cc1cc(OC[C@@]2(CC(=O)N3CCCCC3)CN(C(=O)CCc3ccc(Cl)cc3)CCO2)ccc1Cl. The van der Waals surface area contributed by atoms with Gasteiger partial charge in [-0.25, -0.2) is 0 Å². The van der Waals surface area contributed by atoms with Crippen LogP contribution in [0, 0.1) is 6.92 Å². The van der Waals surface area contributed by atoms with Crippen LogP contribution in [0.1, 0.15) is 43.2 Å². The van der Waals surface area contributed by atoms with Crippen molar-refractivity contribution in [1.29, 1.82) is 0 Å². The zero-order chi connectivity index (χ0) is 25.5. The number of hydrogen-bond donors (Lipinski definition) is 0. The molecule has 0 saturated carbocycles. The monoisotopic (exact) mass is 532 g/mol. The third-order valence-electron chi connectivity index (χ3n) is 6.96. The van der Waals surface area contributed by atoms with Gasteiger partial charge in [-0.15, -0.1) is 0 Å². The van der Waals surface area contributed by atoms with Crippen molar-refractivity contribution in [2.75, 3.05) is 39.4 Å². The smallest absolute Gasteiger partial charge is 0.225 e. The molecule has 0 spiro atoms. The van der Waals surface area contributed by atoms with Crippen molar-refractivity contribution in [3.05, 3.63) is 63.6 Å². The van der Waals surface area contributed by atoms with Gasteiger partial charge in [-0.3, -0.25) is 9.59 Å². The number of ether oxygens (including phenoxy) is 2. The van der Waals surface area contributed by atoms with Crippen LogP contribution in [-0.4, -0.2) is 66.6 Å². The molecular weight excluding hydrogens is 499 g/mol. The van der Waals surface area contributed by atoms with Crippen molar-refractivity contribution < 1.29 is 19.1 Å². The van der Waals surface area contributed by atoms with Gasteiger partial charge in [0.1, 0.15) is 18.0 Å². The van der Waals surface area contributed by atoms with Gasteiger partial charge < -0.3 is 19.3 Å². The molecule has 1 atom stereocenters. The maximum absolute atomic E-state index is 13.3. The molecule has 0 N–H and O–H groups in total. The van der Waals surface area contributed by atoms with Crippen LogP contribution >= 0.6 is 23.2 Å². The molecule has 194 valence electrons. The Kier molecular flexibility index (Phi) is 9.15. The molecule has 2 heterocycles. The van der Waals surface area contributed by atoms with Crippen LogP contribution in [0.15, 0.2) is 42.5 Å². The van der Waals surface area contributed by atoms with E-state index < -0.39 is 5.60 Å². The predicted molar refractivity (Wildman–Crippen MR) is 142 cm³/mol. The van der Waals surface area contributed by atoms with Gasteiger partial charge in [0.15, 0.2) is 0 Å². The summed E-state index contributed by atoms with van der Waals surface area (Å²) >= 11 is 12.1. The Balaban J connectivity index is 1.45. The van der Waals surface area contributed by atoms with E-state index in [1.54, 1.807) is 6.07 Å². The number of rotatable bonds is 8. The molecule has 2 aromatic carbocycles. The van der Waals surface area contributed by atoms with E-state index in [1.807, 2.05) is 53.1 Å². The maximum atomic E-state index is 13.3. The molecule has 2 aliphatic rings. The molecule has 0 aromatic heterocycles. The third-order valence-corrected chi connectivity index (χ3v) is 7.63. The average molecular weight is 533 g/mol. The normalized spacial score (nSPS) is 20.3. The Morgan fingerprint density at radius 1 is 0.972 bits per heavy atom. The standard InChI is InChI=1S/C28H34Cl2N2O4/c1-21-17-24(10-11-25(21)30)35-20-28(18-27(34)31-13-3-2-4-14-31)19-32(15-16-36-28)26(33)12-7-22-5-8-23(29)9-6-22/h5-6,8-11,17H,2-4,7,12-16,18-20H2,1H3/t28-/m1/s1. The summed E-state index contributed by atoms with van der Waals surface area (Å²) in [6.45, 7) is 4.82. The summed E-state index contributed by atoms with van der Waals surface area (Å²) in [6.07, 6.45) is 4.40. The van der Waals surface area contributed by atoms with E-state index >= 15 is 0 Å². The molecule has 2 amide bonds. The first-order valence-corrected chi connectivity index (χ1v) is 13.4. The van der Waals surface area contributed by atoms with Gasteiger partial charge in [0.05, 0.1) is 19.6 Å². The Morgan fingerprint density at radius 2 is 1.72 bits per heavy atom. The van der Waals surface area contributed by atoms with Crippen LogP contribution < -0.4 is 4.74 Å². The van der Waals surface area contributed by atoms with E-state index in [9.17, 15) is 9.59 Å². The van der Waals surface area contributed by atoms with Crippen molar-refractivity contribution in [3.8, 4) is 5.75 Å². The van der Waals surface area contributed by atoms with E-state index in [2.05, 4.69) is 0 Å². The Morgan fingerprint density at radius 3 is 2.44 bits per heavy atom. The van der Waals surface area contributed by atoms with Gasteiger partial charge in [0.25, 0.3) is 0 Å². The number of piperidine rings is 1. The van der Waals surface area contributed by atoms with Gasteiger partial charge in [-0.1, -0.05) is 35.3 Å². The van der Waals surface area contributed by atoms with E-state index in [4.69, 9.17) is 32.7 Å². The lowest BCUT2D eigenvalue weighted by atomic mass is 9.95. The molecule has 2 aliphatic heterocycles. The maximum Gasteiger partial charge on any atom is 0.225 e. The van der Waals surface area contributed by atoms with Crippen molar-refractivity contribution in [2.24, 2.45) is 0 Å². The molecular formula is C28H34Cl2N2O4. The number of benzene rings is 2. The van der Waals surface area contributed by atoms with E-state index in [0.717, 1.165) is 43.5 Å². The summed E-state index contributed by atoms with van der Waals surface area (Å²) in [5, 5.41) is 1.35. The van der Waals surface area contributed by atoms with Crippen LogP contribution in [0.5, 0.6) is 5.75 Å². The number of nitrogens with zero attached hydrogens (tertiary/aromatic N) is 2. The Labute approximate surface area is 223 Å². The minimum absolute atomic E-state index is 0.0467. The number of aryl methyl sites for hydroxylation is 2. The van der Waals surface area contributed by atoms with Crippen molar-refractivity contribution >= 4 is 35.0 Å². The van der Waals surface area contributed by atoms with Crippen molar-refractivity contribution in [3.63, 3.8) is 0 Å². The molecule has 2 fully saturated rings. The first kappa shape index (κ1) is 26.8. The van der Waals surface area contributed by atoms with Gasteiger partial charge in [-0.2, -0.15) is 0 Å². The van der Waals surface area contributed by atoms with Gasteiger partial charge in [0, 0.05) is 36.1 Å². The summed E-state index contributed by atoms with van der Waals surface area (Å²) in [5.41, 5.74) is 1.07. The highest BCUT2D eigenvalue weighted by molar-refractivity contribution is 6.31. The molecule has 0 unspecified atom stereocenters. The predicted octanol–water partition coefficient (Wildman–Crippen LogP) is 5.31. The minimum Gasteiger partial charge on any atom is -0.490 e. The minimum atomic E-state index is -0.906. The molecule has 36 heavy (non-hydrogen) atoms. The highest BCUT2D eigenvalue weighted by atomic mass is 35.5. The third kappa shape index (κ3) is 7.15. The van der Waals surface area contributed by atoms with Crippen LogP contribution in [0.4, 0.5) is 0 Å². The molecule has 8 heteroatoms. The molecule has 2 aromatic rings. The van der Waals surface area contributed by atoms with E-state index in [-0.39, 0.29) is 24.8 Å². The molecule has 0 radical (unpaired) electrons. The van der Waals surface area contributed by atoms with E-state index in [1.165, 1.54) is 0 Å². The summed E-state index contributed by atoms with van der Waals surface area (Å²) in [5.74, 6) is 0.767. The van der Waals surface area contributed by atoms with E-state index in [0.29, 0.717) is 48.3 Å². The first-order chi connectivity index (χ1) is 17.3. The summed E-state index contributed by atoms with van der Waals surface area (Å²) in [7, 11) is 0. The highest BCUT2D eigenvalue weighted by Gasteiger charge is 2.42. The quantitative estimate of drug-likeness (QED) is 0.462. The lowest BCUT2D eigenvalue weighted by Gasteiger charge is -2.43. The van der Waals surface area contributed by atoms with Crippen LogP contribution in [0.25, 0.3) is 0 Å². The second-order valence-electron chi connectivity index (χ2n) is 9.79. The second kappa shape index (κ2) is 12.3. The average Bonchev–Trinajstić information content (AvgIpc) is 2.89. The number of hydrogen-bond acceptors (Lipinski definition) is 4. The Bertz CT molecular complexity index is 1060. The van der Waals surface area contributed by atoms with Crippen molar-refractivity contribution in [2.45, 2.75) is 51.0 Å². The van der Waals surface area contributed by atoms with Crippen LogP contribution in [0.2, 0.25) is 10.0 Å². The van der Waals surface area contributed by atoms with Gasteiger partial charge >= 0.3 is 0 Å². The first-order valence-electron chi connectivity index (χ1n) is 12.7. The summed E-state index contributed by atoms with van der Waals surface area (Å²) in [4.78, 5) is 30.2. The zero-order valence-corrected chi connectivity index (χ0v) is 22.3. The fourth-order valence-corrected chi connectivity index (χ4v) is 5.06.